The Morgan fingerprint density at radius 2 is 1.24 bits per heavy atom. The van der Waals surface area contributed by atoms with Crippen LogP contribution in [0.3, 0.4) is 0 Å². The van der Waals surface area contributed by atoms with Crippen LogP contribution in [-0.4, -0.2) is 51.1 Å². The standard InChI is InChI=1S/C31H38ClN3O4S2/c32-28-12-10-26(11-13-28)24-35(29-8-4-5-9-29)41(38,39)31-16-14-30(15-17-31)40(36,37)34(22-25-6-2-1-3-7-25)23-27-18-20-33-21-19-27/h1-3,6-7,10-17,27,29,33H,4-5,8-9,18-24H2. The van der Waals surface area contributed by atoms with Crippen LogP contribution in [0.15, 0.2) is 88.7 Å². The van der Waals surface area contributed by atoms with Gasteiger partial charge in [-0.2, -0.15) is 8.61 Å². The second-order valence-corrected chi connectivity index (χ2v) is 15.3. The monoisotopic (exact) mass is 615 g/mol. The maximum atomic E-state index is 13.9. The van der Waals surface area contributed by atoms with Gasteiger partial charge in [0.1, 0.15) is 0 Å². The summed E-state index contributed by atoms with van der Waals surface area (Å²) >= 11 is 6.05. The average Bonchev–Trinajstić information content (AvgIpc) is 3.52. The molecule has 5 rings (SSSR count). The van der Waals surface area contributed by atoms with Crippen LogP contribution in [0.25, 0.3) is 0 Å². The zero-order valence-corrected chi connectivity index (χ0v) is 25.5. The van der Waals surface area contributed by atoms with Crippen molar-refractivity contribution >= 4 is 31.6 Å². The third-order valence-electron chi connectivity index (χ3n) is 8.17. The van der Waals surface area contributed by atoms with Crippen molar-refractivity contribution in [1.82, 2.24) is 13.9 Å². The zero-order chi connectivity index (χ0) is 28.9. The number of benzene rings is 3. The van der Waals surface area contributed by atoms with Crippen molar-refractivity contribution in [3.8, 4) is 0 Å². The predicted octanol–water partition coefficient (Wildman–Crippen LogP) is 5.66. The lowest BCUT2D eigenvalue weighted by Crippen LogP contribution is -2.39. The molecule has 0 spiro atoms. The van der Waals surface area contributed by atoms with Gasteiger partial charge >= 0.3 is 0 Å². The third kappa shape index (κ3) is 7.39. The molecule has 0 radical (unpaired) electrons. The van der Waals surface area contributed by atoms with E-state index in [1.54, 1.807) is 20.7 Å². The number of halogens is 1. The Kier molecular flexibility index (Phi) is 9.84. The number of sulfonamides is 2. The van der Waals surface area contributed by atoms with Gasteiger partial charge in [0, 0.05) is 30.7 Å². The fraction of sp³-hybridized carbons (Fsp3) is 0.419. The quantitative estimate of drug-likeness (QED) is 0.301. The first-order valence-electron chi connectivity index (χ1n) is 14.3. The summed E-state index contributed by atoms with van der Waals surface area (Å²) < 4.78 is 58.8. The van der Waals surface area contributed by atoms with E-state index in [1.807, 2.05) is 42.5 Å². The highest BCUT2D eigenvalue weighted by molar-refractivity contribution is 7.89. The summed E-state index contributed by atoms with van der Waals surface area (Å²) in [6.45, 7) is 2.69. The van der Waals surface area contributed by atoms with Crippen molar-refractivity contribution in [2.24, 2.45) is 5.92 Å². The molecule has 0 aromatic heterocycles. The minimum absolute atomic E-state index is 0.0922. The van der Waals surface area contributed by atoms with Crippen molar-refractivity contribution in [3.63, 3.8) is 0 Å². The molecule has 3 aromatic rings. The van der Waals surface area contributed by atoms with E-state index in [0.717, 1.165) is 62.7 Å². The van der Waals surface area contributed by atoms with Crippen LogP contribution in [0.5, 0.6) is 0 Å². The van der Waals surface area contributed by atoms with Crippen molar-refractivity contribution in [1.29, 1.82) is 0 Å². The van der Waals surface area contributed by atoms with Gasteiger partial charge in [0.2, 0.25) is 20.0 Å². The van der Waals surface area contributed by atoms with Crippen LogP contribution in [0.1, 0.15) is 49.7 Å². The molecule has 1 N–H and O–H groups in total. The lowest BCUT2D eigenvalue weighted by Gasteiger charge is -2.30. The Morgan fingerprint density at radius 3 is 1.85 bits per heavy atom. The van der Waals surface area contributed by atoms with Crippen molar-refractivity contribution in [2.45, 2.75) is 67.4 Å². The minimum atomic E-state index is -3.86. The molecule has 0 atom stereocenters. The first kappa shape index (κ1) is 30.2. The van der Waals surface area contributed by atoms with E-state index in [-0.39, 0.29) is 34.8 Å². The molecule has 3 aromatic carbocycles. The summed E-state index contributed by atoms with van der Waals surface area (Å²) in [5.74, 6) is 0.266. The highest BCUT2D eigenvalue weighted by Crippen LogP contribution is 2.31. The maximum absolute atomic E-state index is 13.9. The van der Waals surface area contributed by atoms with Gasteiger partial charge < -0.3 is 5.32 Å². The van der Waals surface area contributed by atoms with E-state index in [9.17, 15) is 16.8 Å². The predicted molar refractivity (Wildman–Crippen MR) is 163 cm³/mol. The first-order valence-corrected chi connectivity index (χ1v) is 17.6. The second-order valence-electron chi connectivity index (χ2n) is 11.1. The van der Waals surface area contributed by atoms with Crippen LogP contribution in [0.4, 0.5) is 0 Å². The van der Waals surface area contributed by atoms with E-state index in [4.69, 9.17) is 11.6 Å². The van der Waals surface area contributed by atoms with Crippen LogP contribution >= 0.6 is 11.6 Å². The van der Waals surface area contributed by atoms with Gasteiger partial charge in [0.15, 0.2) is 0 Å². The Balaban J connectivity index is 1.41. The van der Waals surface area contributed by atoms with Crippen molar-refractivity contribution < 1.29 is 16.8 Å². The van der Waals surface area contributed by atoms with Crippen LogP contribution < -0.4 is 5.32 Å². The molecule has 0 amide bonds. The largest absolute Gasteiger partial charge is 0.317 e. The van der Waals surface area contributed by atoms with Gasteiger partial charge in [-0.15, -0.1) is 0 Å². The van der Waals surface area contributed by atoms with Crippen molar-refractivity contribution in [2.75, 3.05) is 19.6 Å². The molecule has 2 fully saturated rings. The molecule has 1 saturated heterocycles. The normalized spacial score (nSPS) is 17.4. The lowest BCUT2D eigenvalue weighted by atomic mass is 9.98. The van der Waals surface area contributed by atoms with E-state index in [0.29, 0.717) is 11.6 Å². The Bertz CT molecular complexity index is 1490. The van der Waals surface area contributed by atoms with Gasteiger partial charge in [-0.05, 0) is 92.2 Å². The Morgan fingerprint density at radius 1 is 0.683 bits per heavy atom. The molecule has 10 heteroatoms. The van der Waals surface area contributed by atoms with Gasteiger partial charge in [-0.1, -0.05) is 66.9 Å². The van der Waals surface area contributed by atoms with Crippen LogP contribution in [0, 0.1) is 5.92 Å². The Hall–Kier alpha value is -2.27. The average molecular weight is 616 g/mol. The van der Waals surface area contributed by atoms with Gasteiger partial charge in [-0.25, -0.2) is 16.8 Å². The van der Waals surface area contributed by atoms with Gasteiger partial charge in [0.05, 0.1) is 9.79 Å². The number of nitrogens with zero attached hydrogens (tertiary/aromatic N) is 2. The summed E-state index contributed by atoms with van der Waals surface area (Å²) in [7, 11) is -7.72. The van der Waals surface area contributed by atoms with Crippen LogP contribution in [-0.2, 0) is 33.1 Å². The summed E-state index contributed by atoms with van der Waals surface area (Å²) in [5.41, 5.74) is 1.78. The molecule has 1 aliphatic heterocycles. The summed E-state index contributed by atoms with van der Waals surface area (Å²) in [6, 6.07) is 22.5. The smallest absolute Gasteiger partial charge is 0.243 e. The fourth-order valence-electron chi connectivity index (χ4n) is 5.83. The van der Waals surface area contributed by atoms with E-state index >= 15 is 0 Å². The number of hydrogen-bond donors (Lipinski definition) is 1. The second kappa shape index (κ2) is 13.4. The molecule has 41 heavy (non-hydrogen) atoms. The first-order chi connectivity index (χ1) is 19.7. The number of nitrogens with one attached hydrogen (secondary N) is 1. The lowest BCUT2D eigenvalue weighted by molar-refractivity contribution is 0.284. The SMILES string of the molecule is O=S(=O)(c1ccc(S(=O)(=O)N(Cc2ccc(Cl)cc2)C2CCCC2)cc1)N(Cc1ccccc1)CC1CCNCC1. The highest BCUT2D eigenvalue weighted by Gasteiger charge is 2.34. The molecule has 2 aliphatic rings. The van der Waals surface area contributed by atoms with Gasteiger partial charge in [0.25, 0.3) is 0 Å². The molecule has 7 nitrogen and oxygen atoms in total. The molecule has 1 heterocycles. The van der Waals surface area contributed by atoms with E-state index in [2.05, 4.69) is 5.32 Å². The van der Waals surface area contributed by atoms with Gasteiger partial charge in [-0.3, -0.25) is 0 Å². The Labute approximate surface area is 249 Å². The van der Waals surface area contributed by atoms with E-state index in [1.165, 1.54) is 24.3 Å². The molecule has 220 valence electrons. The third-order valence-corrected chi connectivity index (χ3v) is 12.2. The minimum Gasteiger partial charge on any atom is -0.317 e. The summed E-state index contributed by atoms with van der Waals surface area (Å²) in [5, 5.41) is 3.94. The topological polar surface area (TPSA) is 86.8 Å². The van der Waals surface area contributed by atoms with Crippen molar-refractivity contribution in [3.05, 3.63) is 95.0 Å². The maximum Gasteiger partial charge on any atom is 0.243 e. The number of hydrogen-bond acceptors (Lipinski definition) is 5. The summed E-state index contributed by atoms with van der Waals surface area (Å²) in [4.78, 5) is 0.205. The van der Waals surface area contributed by atoms with Crippen LogP contribution in [0.2, 0.25) is 5.02 Å². The molecular formula is C31H38ClN3O4S2. The molecular weight excluding hydrogens is 578 g/mol. The fourth-order valence-corrected chi connectivity index (χ4v) is 9.13. The van der Waals surface area contributed by atoms with E-state index < -0.39 is 20.0 Å². The zero-order valence-electron chi connectivity index (χ0n) is 23.2. The number of piperidine rings is 1. The number of rotatable bonds is 11. The molecule has 1 aliphatic carbocycles. The highest BCUT2D eigenvalue weighted by atomic mass is 35.5. The molecule has 0 bridgehead atoms. The molecule has 1 saturated carbocycles. The summed E-state index contributed by atoms with van der Waals surface area (Å²) in [6.07, 6.45) is 5.44. The molecule has 0 unspecified atom stereocenters.